The SMILES string of the molecule is O=C(C=Cc1ccc2c(c1)CCO2)NC1CCN(c2ccc(C(F)(F)F)cn2)CC1. The molecule has 1 amide bonds. The number of nitrogens with one attached hydrogen (secondary N) is 1. The number of alkyl halides is 3. The predicted molar refractivity (Wildman–Crippen MR) is 107 cm³/mol. The molecule has 0 spiro atoms. The van der Waals surface area contributed by atoms with E-state index in [0.717, 1.165) is 35.6 Å². The number of ether oxygens (including phenoxy) is 1. The van der Waals surface area contributed by atoms with Crippen LogP contribution >= 0.6 is 0 Å². The lowest BCUT2D eigenvalue weighted by atomic mass is 10.0. The summed E-state index contributed by atoms with van der Waals surface area (Å²) in [4.78, 5) is 18.1. The summed E-state index contributed by atoms with van der Waals surface area (Å²) in [6, 6.07) is 8.34. The molecule has 1 N–H and O–H groups in total. The van der Waals surface area contributed by atoms with Crippen molar-refractivity contribution in [3.8, 4) is 5.75 Å². The van der Waals surface area contributed by atoms with Gasteiger partial charge >= 0.3 is 6.18 Å². The highest BCUT2D eigenvalue weighted by Crippen LogP contribution is 2.30. The van der Waals surface area contributed by atoms with Gasteiger partial charge in [-0.25, -0.2) is 4.98 Å². The van der Waals surface area contributed by atoms with Gasteiger partial charge in [0, 0.05) is 37.8 Å². The molecule has 3 heterocycles. The Labute approximate surface area is 172 Å². The number of aromatic nitrogens is 1. The van der Waals surface area contributed by atoms with Crippen molar-refractivity contribution in [2.45, 2.75) is 31.5 Å². The number of carbonyl (C=O) groups is 1. The van der Waals surface area contributed by atoms with Crippen LogP contribution in [0, 0.1) is 0 Å². The Morgan fingerprint density at radius 1 is 1.20 bits per heavy atom. The van der Waals surface area contributed by atoms with Gasteiger partial charge in [-0.2, -0.15) is 13.2 Å². The van der Waals surface area contributed by atoms with Crippen LogP contribution in [-0.2, 0) is 17.4 Å². The number of halogens is 3. The van der Waals surface area contributed by atoms with Gasteiger partial charge in [-0.15, -0.1) is 0 Å². The third-order valence-electron chi connectivity index (χ3n) is 5.38. The summed E-state index contributed by atoms with van der Waals surface area (Å²) in [6.07, 6.45) is 2.09. The highest BCUT2D eigenvalue weighted by molar-refractivity contribution is 5.92. The smallest absolute Gasteiger partial charge is 0.417 e. The third kappa shape index (κ3) is 4.75. The maximum absolute atomic E-state index is 12.7. The predicted octanol–water partition coefficient (Wildman–Crippen LogP) is 3.83. The lowest BCUT2D eigenvalue weighted by molar-refractivity contribution is -0.137. The molecule has 2 aliphatic heterocycles. The Morgan fingerprint density at radius 3 is 2.70 bits per heavy atom. The highest BCUT2D eigenvalue weighted by atomic mass is 19.4. The first kappa shape index (κ1) is 20.3. The van der Waals surface area contributed by atoms with Gasteiger partial charge in [0.25, 0.3) is 0 Å². The van der Waals surface area contributed by atoms with Crippen LogP contribution in [0.15, 0.2) is 42.6 Å². The van der Waals surface area contributed by atoms with Crippen LogP contribution in [0.2, 0.25) is 0 Å². The van der Waals surface area contributed by atoms with E-state index in [4.69, 9.17) is 4.74 Å². The summed E-state index contributed by atoms with van der Waals surface area (Å²) in [5, 5.41) is 3.00. The standard InChI is InChI=1S/C22H22F3N3O2/c23-22(24,25)17-3-5-20(26-14-17)28-10-7-18(8-11-28)27-21(29)6-2-15-1-4-19-16(13-15)9-12-30-19/h1-6,13-14,18H,7-12H2,(H,27,29). The molecule has 1 aromatic heterocycles. The molecular formula is C22H22F3N3O2. The fourth-order valence-electron chi connectivity index (χ4n) is 3.73. The van der Waals surface area contributed by atoms with Crippen LogP contribution in [0.4, 0.5) is 19.0 Å². The molecule has 4 rings (SSSR count). The van der Waals surface area contributed by atoms with E-state index in [2.05, 4.69) is 10.3 Å². The normalized spacial score (nSPS) is 17.1. The lowest BCUT2D eigenvalue weighted by Gasteiger charge is -2.33. The minimum absolute atomic E-state index is 0.0290. The number of benzene rings is 1. The van der Waals surface area contributed by atoms with E-state index in [1.54, 1.807) is 6.08 Å². The van der Waals surface area contributed by atoms with Gasteiger partial charge in [0.15, 0.2) is 0 Å². The van der Waals surface area contributed by atoms with E-state index < -0.39 is 11.7 Å². The molecule has 1 saturated heterocycles. The second-order valence-corrected chi connectivity index (χ2v) is 7.47. The minimum atomic E-state index is -4.39. The molecule has 158 valence electrons. The van der Waals surface area contributed by atoms with Crippen LogP contribution < -0.4 is 15.0 Å². The van der Waals surface area contributed by atoms with Gasteiger partial charge in [0.1, 0.15) is 11.6 Å². The average Bonchev–Trinajstić information content (AvgIpc) is 3.20. The van der Waals surface area contributed by atoms with Crippen molar-refractivity contribution in [1.82, 2.24) is 10.3 Å². The highest BCUT2D eigenvalue weighted by Gasteiger charge is 2.31. The number of anilines is 1. The van der Waals surface area contributed by atoms with Crippen LogP contribution in [-0.4, -0.2) is 36.6 Å². The van der Waals surface area contributed by atoms with Crippen LogP contribution in [0.3, 0.4) is 0 Å². The van der Waals surface area contributed by atoms with Gasteiger partial charge in [0.2, 0.25) is 5.91 Å². The van der Waals surface area contributed by atoms with Gasteiger partial charge in [-0.1, -0.05) is 6.07 Å². The molecule has 8 heteroatoms. The molecule has 0 atom stereocenters. The Kier molecular flexibility index (Phi) is 5.65. The summed E-state index contributed by atoms with van der Waals surface area (Å²) in [5.41, 5.74) is 1.36. The Hall–Kier alpha value is -3.03. The van der Waals surface area contributed by atoms with Crippen molar-refractivity contribution in [3.05, 3.63) is 59.3 Å². The number of hydrogen-bond acceptors (Lipinski definition) is 4. The maximum Gasteiger partial charge on any atom is 0.417 e. The van der Waals surface area contributed by atoms with E-state index in [0.29, 0.717) is 38.4 Å². The van der Waals surface area contributed by atoms with Crippen LogP contribution in [0.1, 0.15) is 29.5 Å². The number of pyridine rings is 1. The summed E-state index contributed by atoms with van der Waals surface area (Å²) in [5.74, 6) is 1.28. The minimum Gasteiger partial charge on any atom is -0.493 e. The lowest BCUT2D eigenvalue weighted by Crippen LogP contribution is -2.44. The molecule has 1 fully saturated rings. The molecule has 30 heavy (non-hydrogen) atoms. The average molecular weight is 417 g/mol. The maximum atomic E-state index is 12.7. The Balaban J connectivity index is 1.26. The van der Waals surface area contributed by atoms with Gasteiger partial charge in [-0.3, -0.25) is 4.79 Å². The zero-order valence-electron chi connectivity index (χ0n) is 16.3. The molecule has 1 aromatic carbocycles. The molecule has 0 aliphatic carbocycles. The number of fused-ring (bicyclic) bond motifs is 1. The number of nitrogens with zero attached hydrogens (tertiary/aromatic N) is 2. The second-order valence-electron chi connectivity index (χ2n) is 7.47. The van der Waals surface area contributed by atoms with Crippen molar-refractivity contribution in [1.29, 1.82) is 0 Å². The van der Waals surface area contributed by atoms with Crippen molar-refractivity contribution < 1.29 is 22.7 Å². The third-order valence-corrected chi connectivity index (χ3v) is 5.38. The molecular weight excluding hydrogens is 395 g/mol. The molecule has 2 aromatic rings. The molecule has 0 radical (unpaired) electrons. The van der Waals surface area contributed by atoms with E-state index >= 15 is 0 Å². The summed E-state index contributed by atoms with van der Waals surface area (Å²) >= 11 is 0. The van der Waals surface area contributed by atoms with E-state index in [1.165, 1.54) is 12.1 Å². The van der Waals surface area contributed by atoms with E-state index in [1.807, 2.05) is 23.1 Å². The monoisotopic (exact) mass is 417 g/mol. The number of amides is 1. The van der Waals surface area contributed by atoms with Crippen molar-refractivity contribution in [2.24, 2.45) is 0 Å². The first-order valence-corrected chi connectivity index (χ1v) is 9.91. The number of piperidine rings is 1. The molecule has 0 unspecified atom stereocenters. The Bertz CT molecular complexity index is 934. The summed E-state index contributed by atoms with van der Waals surface area (Å²) in [6.45, 7) is 1.94. The second kappa shape index (κ2) is 8.38. The van der Waals surface area contributed by atoms with Crippen LogP contribution in [0.25, 0.3) is 6.08 Å². The van der Waals surface area contributed by atoms with Gasteiger partial charge < -0.3 is 15.0 Å². The zero-order valence-corrected chi connectivity index (χ0v) is 16.3. The first-order valence-electron chi connectivity index (χ1n) is 9.91. The largest absolute Gasteiger partial charge is 0.493 e. The van der Waals surface area contributed by atoms with E-state index in [-0.39, 0.29) is 11.9 Å². The fourth-order valence-corrected chi connectivity index (χ4v) is 3.73. The number of hydrogen-bond donors (Lipinski definition) is 1. The number of carbonyl (C=O) groups excluding carboxylic acids is 1. The summed E-state index contributed by atoms with van der Waals surface area (Å²) in [7, 11) is 0. The number of rotatable bonds is 4. The Morgan fingerprint density at radius 2 is 2.00 bits per heavy atom. The van der Waals surface area contributed by atoms with Crippen molar-refractivity contribution in [2.75, 3.05) is 24.6 Å². The van der Waals surface area contributed by atoms with Crippen molar-refractivity contribution >= 4 is 17.8 Å². The first-order chi connectivity index (χ1) is 14.4. The van der Waals surface area contributed by atoms with Gasteiger partial charge in [0.05, 0.1) is 12.2 Å². The van der Waals surface area contributed by atoms with Gasteiger partial charge in [-0.05, 0) is 54.3 Å². The molecule has 0 bridgehead atoms. The topological polar surface area (TPSA) is 54.5 Å². The van der Waals surface area contributed by atoms with Crippen molar-refractivity contribution in [3.63, 3.8) is 0 Å². The quantitative estimate of drug-likeness (QED) is 0.769. The van der Waals surface area contributed by atoms with Crippen LogP contribution in [0.5, 0.6) is 5.75 Å². The summed E-state index contributed by atoms with van der Waals surface area (Å²) < 4.78 is 43.5. The fraction of sp³-hybridized carbons (Fsp3) is 0.364. The molecule has 0 saturated carbocycles. The van der Waals surface area contributed by atoms with E-state index in [9.17, 15) is 18.0 Å². The zero-order chi connectivity index (χ0) is 21.1. The molecule has 2 aliphatic rings. The molecule has 5 nitrogen and oxygen atoms in total.